The highest BCUT2D eigenvalue weighted by Gasteiger charge is 2.43. The number of amides is 2. The molecule has 1 aromatic rings. The van der Waals surface area contributed by atoms with Crippen LogP contribution in [0.15, 0.2) is 23.1 Å². The second kappa shape index (κ2) is 7.36. The Balaban J connectivity index is 2.26. The zero-order valence-corrected chi connectivity index (χ0v) is 16.7. The summed E-state index contributed by atoms with van der Waals surface area (Å²) in [6.07, 6.45) is 0.656. The molecule has 1 aliphatic heterocycles. The van der Waals surface area contributed by atoms with Gasteiger partial charge in [0, 0.05) is 31.2 Å². The minimum atomic E-state index is -3.92. The van der Waals surface area contributed by atoms with Crippen LogP contribution < -0.4 is 5.73 Å². The molecule has 2 amide bonds. The molecule has 8 heteroatoms. The van der Waals surface area contributed by atoms with E-state index in [1.54, 1.807) is 20.9 Å². The predicted octanol–water partition coefficient (Wildman–Crippen LogP) is 1.68. The molecule has 1 unspecified atom stereocenters. The molecule has 0 saturated heterocycles. The summed E-state index contributed by atoms with van der Waals surface area (Å²) in [4.78, 5) is 26.4. The van der Waals surface area contributed by atoms with Crippen LogP contribution in [0.25, 0.3) is 0 Å². The van der Waals surface area contributed by atoms with E-state index in [4.69, 9.17) is 5.73 Å². The molecule has 0 aromatic heterocycles. The van der Waals surface area contributed by atoms with Crippen LogP contribution in [0, 0.1) is 5.92 Å². The Kier molecular flexibility index (Phi) is 5.77. The second-order valence-corrected chi connectivity index (χ2v) is 9.12. The van der Waals surface area contributed by atoms with Crippen LogP contribution in [0.5, 0.6) is 0 Å². The van der Waals surface area contributed by atoms with E-state index < -0.39 is 22.0 Å². The van der Waals surface area contributed by atoms with E-state index in [-0.39, 0.29) is 28.0 Å². The standard InChI is InChI=1S/C18H27N3O4S/c1-11(2)15(19)8-9-20(5)17(22)13-6-7-14-16(10-13)26(24,25)21(12(3)4)18(14)23/h6-7,10-12,15H,8-9,19H2,1-5H3. The van der Waals surface area contributed by atoms with Crippen LogP contribution in [-0.2, 0) is 10.0 Å². The summed E-state index contributed by atoms with van der Waals surface area (Å²) in [5.74, 6) is -0.531. The van der Waals surface area contributed by atoms with Gasteiger partial charge in [0.15, 0.2) is 0 Å². The number of nitrogens with two attached hydrogens (primary N) is 1. The number of hydrogen-bond acceptors (Lipinski definition) is 5. The van der Waals surface area contributed by atoms with Crippen molar-refractivity contribution < 1.29 is 18.0 Å². The molecule has 1 heterocycles. The number of hydrogen-bond donors (Lipinski definition) is 1. The molecule has 0 fully saturated rings. The Labute approximate surface area is 155 Å². The number of nitrogens with zero attached hydrogens (tertiary/aromatic N) is 2. The Morgan fingerprint density at radius 3 is 2.38 bits per heavy atom. The molecule has 7 nitrogen and oxygen atoms in total. The normalized spacial score (nSPS) is 16.9. The molecule has 0 bridgehead atoms. The average Bonchev–Trinajstić information content (AvgIpc) is 2.77. The molecule has 0 aliphatic carbocycles. The quantitative estimate of drug-likeness (QED) is 0.808. The first-order valence-corrected chi connectivity index (χ1v) is 10.2. The zero-order chi connectivity index (χ0) is 19.8. The number of rotatable bonds is 6. The van der Waals surface area contributed by atoms with E-state index in [1.807, 2.05) is 13.8 Å². The van der Waals surface area contributed by atoms with Crippen molar-refractivity contribution in [3.63, 3.8) is 0 Å². The van der Waals surface area contributed by atoms with Gasteiger partial charge in [-0.1, -0.05) is 13.8 Å². The maximum Gasteiger partial charge on any atom is 0.269 e. The largest absolute Gasteiger partial charge is 0.342 e. The van der Waals surface area contributed by atoms with Crippen molar-refractivity contribution in [2.45, 2.75) is 51.1 Å². The zero-order valence-electron chi connectivity index (χ0n) is 15.9. The van der Waals surface area contributed by atoms with Crippen molar-refractivity contribution in [3.8, 4) is 0 Å². The maximum absolute atomic E-state index is 12.6. The summed E-state index contributed by atoms with van der Waals surface area (Å²) in [6, 6.07) is 3.71. The fourth-order valence-electron chi connectivity index (χ4n) is 2.89. The van der Waals surface area contributed by atoms with Crippen molar-refractivity contribution in [3.05, 3.63) is 29.3 Å². The van der Waals surface area contributed by atoms with Crippen molar-refractivity contribution >= 4 is 21.8 Å². The molecule has 26 heavy (non-hydrogen) atoms. The monoisotopic (exact) mass is 381 g/mol. The second-order valence-electron chi connectivity index (χ2n) is 7.33. The highest BCUT2D eigenvalue weighted by atomic mass is 32.2. The lowest BCUT2D eigenvalue weighted by atomic mass is 10.0. The summed E-state index contributed by atoms with van der Waals surface area (Å²) < 4.78 is 26.1. The topological polar surface area (TPSA) is 101 Å². The van der Waals surface area contributed by atoms with Crippen molar-refractivity contribution in [2.24, 2.45) is 11.7 Å². The van der Waals surface area contributed by atoms with Gasteiger partial charge in [-0.05, 0) is 44.4 Å². The van der Waals surface area contributed by atoms with Crippen LogP contribution in [0.4, 0.5) is 0 Å². The Hall–Kier alpha value is -1.93. The molecule has 0 spiro atoms. The van der Waals surface area contributed by atoms with Crippen LogP contribution in [-0.4, -0.2) is 55.1 Å². The van der Waals surface area contributed by atoms with Crippen LogP contribution in [0.1, 0.15) is 54.8 Å². The lowest BCUT2D eigenvalue weighted by Crippen LogP contribution is -2.36. The van der Waals surface area contributed by atoms with Gasteiger partial charge in [0.2, 0.25) is 0 Å². The van der Waals surface area contributed by atoms with Crippen molar-refractivity contribution in [1.29, 1.82) is 0 Å². The smallest absolute Gasteiger partial charge is 0.269 e. The van der Waals surface area contributed by atoms with E-state index in [1.165, 1.54) is 23.1 Å². The van der Waals surface area contributed by atoms with Gasteiger partial charge in [-0.15, -0.1) is 0 Å². The minimum absolute atomic E-state index is 0.0112. The molecule has 1 aliphatic rings. The Morgan fingerprint density at radius 1 is 1.23 bits per heavy atom. The first-order chi connectivity index (χ1) is 12.0. The molecule has 2 N–H and O–H groups in total. The van der Waals surface area contributed by atoms with E-state index in [0.29, 0.717) is 18.9 Å². The first-order valence-electron chi connectivity index (χ1n) is 8.72. The van der Waals surface area contributed by atoms with Gasteiger partial charge in [-0.3, -0.25) is 9.59 Å². The van der Waals surface area contributed by atoms with Crippen molar-refractivity contribution in [2.75, 3.05) is 13.6 Å². The highest BCUT2D eigenvalue weighted by molar-refractivity contribution is 7.90. The predicted molar refractivity (Wildman–Crippen MR) is 99.3 cm³/mol. The molecule has 2 rings (SSSR count). The van der Waals surface area contributed by atoms with E-state index >= 15 is 0 Å². The third-order valence-corrected chi connectivity index (χ3v) is 6.66. The van der Waals surface area contributed by atoms with Crippen LogP contribution in [0.2, 0.25) is 0 Å². The summed E-state index contributed by atoms with van der Waals surface area (Å²) in [5.41, 5.74) is 6.36. The molecule has 1 aromatic carbocycles. The SMILES string of the molecule is CC(C)C(N)CCN(C)C(=O)c1ccc2c(c1)S(=O)(=O)N(C(C)C)C2=O. The minimum Gasteiger partial charge on any atom is -0.342 e. The average molecular weight is 381 g/mol. The van der Waals surface area contributed by atoms with Gasteiger partial charge in [0.05, 0.1) is 5.56 Å². The number of carbonyl (C=O) groups is 2. The summed E-state index contributed by atoms with van der Waals surface area (Å²) in [6.45, 7) is 7.79. The highest BCUT2D eigenvalue weighted by Crippen LogP contribution is 2.32. The third kappa shape index (κ3) is 3.61. The fourth-order valence-corrected chi connectivity index (χ4v) is 4.68. The first kappa shape index (κ1) is 20.4. The van der Waals surface area contributed by atoms with Crippen LogP contribution in [0.3, 0.4) is 0 Å². The molecule has 0 saturated carbocycles. The fraction of sp³-hybridized carbons (Fsp3) is 0.556. The van der Waals surface area contributed by atoms with Gasteiger partial charge in [0.25, 0.3) is 21.8 Å². The van der Waals surface area contributed by atoms with Gasteiger partial charge in [0.1, 0.15) is 4.90 Å². The van der Waals surface area contributed by atoms with E-state index in [9.17, 15) is 18.0 Å². The van der Waals surface area contributed by atoms with Gasteiger partial charge >= 0.3 is 0 Å². The molecular weight excluding hydrogens is 354 g/mol. The lowest BCUT2D eigenvalue weighted by molar-refractivity contribution is 0.0786. The molecule has 144 valence electrons. The Bertz CT molecular complexity index is 818. The number of sulfonamides is 1. The third-order valence-electron chi connectivity index (χ3n) is 4.67. The van der Waals surface area contributed by atoms with Crippen molar-refractivity contribution in [1.82, 2.24) is 9.21 Å². The number of fused-ring (bicyclic) bond motifs is 1. The van der Waals surface area contributed by atoms with Gasteiger partial charge in [-0.2, -0.15) is 0 Å². The lowest BCUT2D eigenvalue weighted by Gasteiger charge is -2.21. The molecule has 1 atom stereocenters. The molecule has 0 radical (unpaired) electrons. The van der Waals surface area contributed by atoms with Gasteiger partial charge in [-0.25, -0.2) is 12.7 Å². The van der Waals surface area contributed by atoms with Crippen LogP contribution >= 0.6 is 0 Å². The number of benzene rings is 1. The van der Waals surface area contributed by atoms with E-state index in [2.05, 4.69) is 0 Å². The van der Waals surface area contributed by atoms with E-state index in [0.717, 1.165) is 4.31 Å². The maximum atomic E-state index is 12.6. The van der Waals surface area contributed by atoms with Gasteiger partial charge < -0.3 is 10.6 Å². The summed E-state index contributed by atoms with van der Waals surface area (Å²) >= 11 is 0. The summed E-state index contributed by atoms with van der Waals surface area (Å²) in [7, 11) is -2.27. The summed E-state index contributed by atoms with van der Waals surface area (Å²) in [5, 5.41) is 0. The molecular formula is C18H27N3O4S. The number of carbonyl (C=O) groups excluding carboxylic acids is 2. The Morgan fingerprint density at radius 2 is 1.85 bits per heavy atom.